The lowest BCUT2D eigenvalue weighted by Gasteiger charge is -2.19. The second-order valence-electron chi connectivity index (χ2n) is 7.10. The molecule has 1 aromatic rings. The Kier molecular flexibility index (Phi) is 2.70. The lowest BCUT2D eigenvalue weighted by molar-refractivity contribution is -0.122. The summed E-state index contributed by atoms with van der Waals surface area (Å²) in [6.07, 6.45) is 9.21. The van der Waals surface area contributed by atoms with Gasteiger partial charge in [-0.2, -0.15) is 0 Å². The first-order valence-electron chi connectivity index (χ1n) is 8.60. The SMILES string of the molecule is O=C1[C@@H]2[C@H](C(=O)N1c1ccccc1)[C@H]1C=C[C@H]2C1=C1CCCC1. The van der Waals surface area contributed by atoms with Crippen LogP contribution in [0.15, 0.2) is 53.6 Å². The second-order valence-corrected chi connectivity index (χ2v) is 7.10. The van der Waals surface area contributed by atoms with Gasteiger partial charge in [-0.3, -0.25) is 9.59 Å². The van der Waals surface area contributed by atoms with Crippen LogP contribution < -0.4 is 4.90 Å². The molecular weight excluding hydrogens is 286 g/mol. The average Bonchev–Trinajstić information content (AvgIpc) is 3.31. The number of anilines is 1. The number of allylic oxidation sites excluding steroid dienone is 4. The normalized spacial score (nSPS) is 34.9. The molecule has 3 fully saturated rings. The minimum atomic E-state index is -0.166. The number of carbonyl (C=O) groups excluding carboxylic acids is 2. The summed E-state index contributed by atoms with van der Waals surface area (Å²) in [5, 5.41) is 0. The third-order valence-corrected chi connectivity index (χ3v) is 6.05. The van der Waals surface area contributed by atoms with Crippen molar-refractivity contribution in [2.75, 3.05) is 4.90 Å². The molecule has 2 saturated carbocycles. The van der Waals surface area contributed by atoms with E-state index in [1.54, 1.807) is 0 Å². The Hall–Kier alpha value is -2.16. The van der Waals surface area contributed by atoms with E-state index in [1.165, 1.54) is 28.9 Å². The number of nitrogens with zero attached hydrogens (tertiary/aromatic N) is 1. The summed E-state index contributed by atoms with van der Waals surface area (Å²) in [5.41, 5.74) is 3.67. The molecule has 4 aliphatic rings. The first kappa shape index (κ1) is 13.3. The third kappa shape index (κ3) is 1.65. The Morgan fingerprint density at radius 1 is 0.826 bits per heavy atom. The number of hydrogen-bond acceptors (Lipinski definition) is 2. The number of amides is 2. The van der Waals surface area contributed by atoms with Crippen molar-refractivity contribution in [2.45, 2.75) is 25.7 Å². The van der Waals surface area contributed by atoms with E-state index in [0.717, 1.165) is 12.8 Å². The monoisotopic (exact) mass is 305 g/mol. The minimum absolute atomic E-state index is 0.000790. The summed E-state index contributed by atoms with van der Waals surface area (Å²) in [4.78, 5) is 27.4. The van der Waals surface area contributed by atoms with E-state index in [4.69, 9.17) is 0 Å². The highest BCUT2D eigenvalue weighted by atomic mass is 16.2. The molecule has 1 aromatic carbocycles. The van der Waals surface area contributed by atoms with Gasteiger partial charge in [-0.25, -0.2) is 4.90 Å². The zero-order valence-electron chi connectivity index (χ0n) is 12.9. The maximum Gasteiger partial charge on any atom is 0.238 e. The second kappa shape index (κ2) is 4.67. The van der Waals surface area contributed by atoms with Crippen molar-refractivity contribution in [1.29, 1.82) is 0 Å². The van der Waals surface area contributed by atoms with Gasteiger partial charge in [-0.1, -0.05) is 41.5 Å². The highest BCUT2D eigenvalue weighted by Gasteiger charge is 2.62. The number of benzene rings is 1. The third-order valence-electron chi connectivity index (χ3n) is 6.05. The number of fused-ring (bicyclic) bond motifs is 5. The van der Waals surface area contributed by atoms with Gasteiger partial charge in [0.15, 0.2) is 0 Å². The quantitative estimate of drug-likeness (QED) is 0.588. The standard InChI is InChI=1S/C20H19NO2/c22-19-17-14-10-11-15(16(14)12-6-4-5-7-12)18(17)20(23)21(19)13-8-2-1-3-9-13/h1-3,8-11,14-15,17-18H,4-7H2/t14-,15-,17-,18+/m0/s1. The van der Waals surface area contributed by atoms with Gasteiger partial charge in [0.25, 0.3) is 0 Å². The number of para-hydroxylation sites is 1. The molecule has 3 heteroatoms. The summed E-state index contributed by atoms with van der Waals surface area (Å²) < 4.78 is 0. The molecule has 3 aliphatic carbocycles. The lowest BCUT2D eigenvalue weighted by Crippen LogP contribution is -2.33. The van der Waals surface area contributed by atoms with Crippen LogP contribution in [0.5, 0.6) is 0 Å². The predicted octanol–water partition coefficient (Wildman–Crippen LogP) is 3.48. The van der Waals surface area contributed by atoms with Gasteiger partial charge in [0, 0.05) is 11.8 Å². The molecule has 116 valence electrons. The summed E-state index contributed by atoms with van der Waals surface area (Å²) in [6, 6.07) is 9.36. The lowest BCUT2D eigenvalue weighted by atomic mass is 9.85. The zero-order chi connectivity index (χ0) is 15.6. The Morgan fingerprint density at radius 2 is 1.39 bits per heavy atom. The number of hydrogen-bond donors (Lipinski definition) is 0. The first-order valence-corrected chi connectivity index (χ1v) is 8.60. The Morgan fingerprint density at radius 3 is 1.96 bits per heavy atom. The van der Waals surface area contributed by atoms with E-state index in [0.29, 0.717) is 5.69 Å². The molecule has 1 aliphatic heterocycles. The highest BCUT2D eigenvalue weighted by Crippen LogP contribution is 2.58. The maximum atomic E-state index is 13.0. The van der Waals surface area contributed by atoms with Crippen molar-refractivity contribution in [2.24, 2.45) is 23.7 Å². The molecule has 23 heavy (non-hydrogen) atoms. The van der Waals surface area contributed by atoms with Crippen LogP contribution in [0.4, 0.5) is 5.69 Å². The first-order chi connectivity index (χ1) is 11.3. The topological polar surface area (TPSA) is 37.4 Å². The van der Waals surface area contributed by atoms with Crippen LogP contribution in [-0.2, 0) is 9.59 Å². The minimum Gasteiger partial charge on any atom is -0.274 e. The largest absolute Gasteiger partial charge is 0.274 e. The number of carbonyl (C=O) groups is 2. The van der Waals surface area contributed by atoms with Crippen molar-refractivity contribution >= 4 is 17.5 Å². The van der Waals surface area contributed by atoms with Gasteiger partial charge in [0.1, 0.15) is 0 Å². The van der Waals surface area contributed by atoms with Crippen molar-refractivity contribution < 1.29 is 9.59 Å². The van der Waals surface area contributed by atoms with Crippen molar-refractivity contribution in [3.05, 3.63) is 53.6 Å². The summed E-state index contributed by atoms with van der Waals surface area (Å²) in [6.45, 7) is 0. The van der Waals surface area contributed by atoms with Gasteiger partial charge < -0.3 is 0 Å². The predicted molar refractivity (Wildman–Crippen MR) is 87.5 cm³/mol. The van der Waals surface area contributed by atoms with E-state index in [2.05, 4.69) is 12.2 Å². The fraction of sp³-hybridized carbons (Fsp3) is 0.400. The Bertz CT molecular complexity index is 719. The molecule has 1 saturated heterocycles. The highest BCUT2D eigenvalue weighted by molar-refractivity contribution is 6.23. The molecule has 0 radical (unpaired) electrons. The smallest absolute Gasteiger partial charge is 0.238 e. The van der Waals surface area contributed by atoms with Crippen LogP contribution in [0.3, 0.4) is 0 Å². The Labute approximate surface area is 135 Å². The molecule has 0 unspecified atom stereocenters. The van der Waals surface area contributed by atoms with E-state index in [-0.39, 0.29) is 35.5 Å². The molecule has 2 bridgehead atoms. The Balaban J connectivity index is 1.57. The van der Waals surface area contributed by atoms with Crippen molar-refractivity contribution in [3.63, 3.8) is 0 Å². The summed E-state index contributed by atoms with van der Waals surface area (Å²) in [7, 11) is 0. The average molecular weight is 305 g/mol. The van der Waals surface area contributed by atoms with Gasteiger partial charge in [-0.05, 0) is 37.8 Å². The molecule has 1 heterocycles. The van der Waals surface area contributed by atoms with Crippen LogP contribution in [0.25, 0.3) is 0 Å². The summed E-state index contributed by atoms with van der Waals surface area (Å²) in [5.74, 6) is 0.00595. The van der Waals surface area contributed by atoms with Crippen LogP contribution >= 0.6 is 0 Å². The van der Waals surface area contributed by atoms with Crippen LogP contribution in [0.2, 0.25) is 0 Å². The molecule has 0 spiro atoms. The molecule has 0 N–H and O–H groups in total. The fourth-order valence-electron chi connectivity index (χ4n) is 5.16. The molecule has 4 atom stereocenters. The van der Waals surface area contributed by atoms with Crippen LogP contribution in [0.1, 0.15) is 25.7 Å². The van der Waals surface area contributed by atoms with Crippen LogP contribution in [0, 0.1) is 23.7 Å². The fourth-order valence-corrected chi connectivity index (χ4v) is 5.16. The molecule has 5 rings (SSSR count). The van der Waals surface area contributed by atoms with Crippen molar-refractivity contribution in [3.8, 4) is 0 Å². The number of rotatable bonds is 1. The number of imide groups is 1. The molecule has 0 aromatic heterocycles. The van der Waals surface area contributed by atoms with Crippen molar-refractivity contribution in [1.82, 2.24) is 0 Å². The van der Waals surface area contributed by atoms with Gasteiger partial charge in [-0.15, -0.1) is 0 Å². The van der Waals surface area contributed by atoms with E-state index < -0.39 is 0 Å². The van der Waals surface area contributed by atoms with Gasteiger partial charge in [0.2, 0.25) is 11.8 Å². The van der Waals surface area contributed by atoms with Crippen LogP contribution in [-0.4, -0.2) is 11.8 Å². The molecule has 2 amide bonds. The van der Waals surface area contributed by atoms with E-state index >= 15 is 0 Å². The van der Waals surface area contributed by atoms with Gasteiger partial charge >= 0.3 is 0 Å². The molecule has 3 nitrogen and oxygen atoms in total. The van der Waals surface area contributed by atoms with E-state index in [1.807, 2.05) is 30.3 Å². The van der Waals surface area contributed by atoms with E-state index in [9.17, 15) is 9.59 Å². The molecular formula is C20H19NO2. The summed E-state index contributed by atoms with van der Waals surface area (Å²) >= 11 is 0. The van der Waals surface area contributed by atoms with Gasteiger partial charge in [0.05, 0.1) is 17.5 Å². The zero-order valence-corrected chi connectivity index (χ0v) is 12.9. The maximum absolute atomic E-state index is 13.0.